The van der Waals surface area contributed by atoms with Gasteiger partial charge in [-0.15, -0.1) is 0 Å². The summed E-state index contributed by atoms with van der Waals surface area (Å²) < 4.78 is 0. The molecule has 12 heavy (non-hydrogen) atoms. The molecular formula is C9H9ClO2. The first-order valence-electron chi connectivity index (χ1n) is 3.21. The largest absolute Gasteiger partial charge is 0.478 e. The fourth-order valence-electron chi connectivity index (χ4n) is 0.581. The zero-order chi connectivity index (χ0) is 9.40. The molecule has 0 unspecified atom stereocenters. The first kappa shape index (κ1) is 10.7. The van der Waals surface area contributed by atoms with E-state index in [4.69, 9.17) is 16.7 Å². The summed E-state index contributed by atoms with van der Waals surface area (Å²) in [5.41, 5.74) is 1.55. The average molecular weight is 185 g/mol. The van der Waals surface area contributed by atoms with Gasteiger partial charge < -0.3 is 5.11 Å². The van der Waals surface area contributed by atoms with Crippen molar-refractivity contribution in [2.45, 2.75) is 0 Å². The molecule has 1 N–H and O–H groups in total. The molecule has 1 aromatic rings. The van der Waals surface area contributed by atoms with Crippen molar-refractivity contribution in [3.8, 4) is 0 Å². The summed E-state index contributed by atoms with van der Waals surface area (Å²) in [6.07, 6.45) is 0. The van der Waals surface area contributed by atoms with Crippen LogP contribution in [0.5, 0.6) is 0 Å². The summed E-state index contributed by atoms with van der Waals surface area (Å²) in [7, 11) is 0. The van der Waals surface area contributed by atoms with E-state index in [1.54, 1.807) is 30.3 Å². The van der Waals surface area contributed by atoms with Crippen molar-refractivity contribution < 1.29 is 9.90 Å². The van der Waals surface area contributed by atoms with Gasteiger partial charge in [-0.1, -0.05) is 36.4 Å². The monoisotopic (exact) mass is 184 g/mol. The van der Waals surface area contributed by atoms with Crippen molar-refractivity contribution in [2.24, 2.45) is 0 Å². The van der Waals surface area contributed by atoms with Crippen molar-refractivity contribution in [1.82, 2.24) is 0 Å². The van der Waals surface area contributed by atoms with E-state index in [1.165, 1.54) is 5.54 Å². The minimum atomic E-state index is -0.879. The van der Waals surface area contributed by atoms with Crippen LogP contribution in [0.1, 0.15) is 10.4 Å². The quantitative estimate of drug-likeness (QED) is 0.729. The zero-order valence-electron chi connectivity index (χ0n) is 6.40. The standard InChI is InChI=1S/C7H6O2.C2H3Cl/c8-7(9)6-4-2-1-3-5-6;1-2-3/h1-5H,(H,8,9);2H,1H2. The molecule has 0 aliphatic heterocycles. The molecule has 64 valence electrons. The number of aromatic carboxylic acids is 1. The van der Waals surface area contributed by atoms with E-state index < -0.39 is 5.97 Å². The van der Waals surface area contributed by atoms with Gasteiger partial charge in [0.25, 0.3) is 0 Å². The third-order valence-electron chi connectivity index (χ3n) is 1.02. The molecular weight excluding hydrogens is 176 g/mol. The topological polar surface area (TPSA) is 37.3 Å². The van der Waals surface area contributed by atoms with Crippen molar-refractivity contribution in [3.05, 3.63) is 48.0 Å². The molecule has 0 radical (unpaired) electrons. The lowest BCUT2D eigenvalue weighted by atomic mass is 10.2. The lowest BCUT2D eigenvalue weighted by molar-refractivity contribution is 0.0697. The predicted octanol–water partition coefficient (Wildman–Crippen LogP) is 2.75. The predicted molar refractivity (Wildman–Crippen MR) is 49.5 cm³/mol. The zero-order valence-corrected chi connectivity index (χ0v) is 7.16. The Kier molecular flexibility index (Phi) is 5.75. The van der Waals surface area contributed by atoms with Crippen LogP contribution < -0.4 is 0 Å². The Morgan fingerprint density at radius 3 is 2.08 bits per heavy atom. The van der Waals surface area contributed by atoms with Gasteiger partial charge in [0.15, 0.2) is 0 Å². The number of carboxylic acids is 1. The maximum Gasteiger partial charge on any atom is 0.335 e. The Morgan fingerprint density at radius 1 is 1.42 bits per heavy atom. The van der Waals surface area contributed by atoms with Crippen molar-refractivity contribution in [1.29, 1.82) is 0 Å². The van der Waals surface area contributed by atoms with Crippen molar-refractivity contribution in [2.75, 3.05) is 0 Å². The van der Waals surface area contributed by atoms with Gasteiger partial charge in [-0.3, -0.25) is 0 Å². The second-order valence-electron chi connectivity index (χ2n) is 1.83. The smallest absolute Gasteiger partial charge is 0.335 e. The van der Waals surface area contributed by atoms with E-state index >= 15 is 0 Å². The third kappa shape index (κ3) is 4.52. The summed E-state index contributed by atoms with van der Waals surface area (Å²) in [6.45, 7) is 3.13. The summed E-state index contributed by atoms with van der Waals surface area (Å²) >= 11 is 4.76. The maximum absolute atomic E-state index is 10.2. The number of benzene rings is 1. The third-order valence-corrected chi connectivity index (χ3v) is 1.02. The minimum Gasteiger partial charge on any atom is -0.478 e. The molecule has 3 heteroatoms. The number of carbonyl (C=O) groups is 1. The molecule has 0 fully saturated rings. The number of hydrogen-bond donors (Lipinski definition) is 1. The van der Waals surface area contributed by atoms with Gasteiger partial charge in [-0.05, 0) is 17.7 Å². The van der Waals surface area contributed by atoms with Crippen LogP contribution >= 0.6 is 11.6 Å². The molecule has 1 rings (SSSR count). The highest BCUT2D eigenvalue weighted by molar-refractivity contribution is 6.25. The lowest BCUT2D eigenvalue weighted by Gasteiger charge is -1.88. The molecule has 0 amide bonds. The average Bonchev–Trinajstić information content (AvgIpc) is 2.07. The molecule has 0 aromatic heterocycles. The fraction of sp³-hybridized carbons (Fsp3) is 0. The van der Waals surface area contributed by atoms with Gasteiger partial charge in [0.2, 0.25) is 0 Å². The van der Waals surface area contributed by atoms with Gasteiger partial charge in [0.1, 0.15) is 0 Å². The van der Waals surface area contributed by atoms with Crippen LogP contribution in [0, 0.1) is 0 Å². The SMILES string of the molecule is C=CCl.O=C(O)c1ccccc1. The van der Waals surface area contributed by atoms with E-state index in [0.717, 1.165) is 0 Å². The van der Waals surface area contributed by atoms with Crippen LogP contribution in [0.4, 0.5) is 0 Å². The van der Waals surface area contributed by atoms with Crippen molar-refractivity contribution in [3.63, 3.8) is 0 Å². The summed E-state index contributed by atoms with van der Waals surface area (Å²) in [6, 6.07) is 8.30. The van der Waals surface area contributed by atoms with Gasteiger partial charge in [-0.2, -0.15) is 0 Å². The molecule has 0 bridgehead atoms. The second kappa shape index (κ2) is 6.43. The molecule has 0 aliphatic carbocycles. The van der Waals surface area contributed by atoms with E-state index in [-0.39, 0.29) is 0 Å². The Hall–Kier alpha value is -1.28. The van der Waals surface area contributed by atoms with Crippen LogP contribution in [0.25, 0.3) is 0 Å². The normalized spacial score (nSPS) is 7.75. The highest BCUT2D eigenvalue weighted by atomic mass is 35.5. The number of hydrogen-bond acceptors (Lipinski definition) is 1. The summed E-state index contributed by atoms with van der Waals surface area (Å²) in [5, 5.41) is 8.38. The molecule has 0 atom stereocenters. The second-order valence-corrected chi connectivity index (χ2v) is 2.13. The van der Waals surface area contributed by atoms with E-state index in [1.807, 2.05) is 0 Å². The highest BCUT2D eigenvalue weighted by Crippen LogP contribution is 1.96. The van der Waals surface area contributed by atoms with Crippen LogP contribution in [0.2, 0.25) is 0 Å². The number of carboxylic acid groups (broad SMARTS) is 1. The highest BCUT2D eigenvalue weighted by Gasteiger charge is 1.96. The number of rotatable bonds is 1. The lowest BCUT2D eigenvalue weighted by Crippen LogP contribution is -1.93. The maximum atomic E-state index is 10.2. The van der Waals surface area contributed by atoms with Gasteiger partial charge >= 0.3 is 5.97 Å². The molecule has 1 aromatic carbocycles. The van der Waals surface area contributed by atoms with Crippen LogP contribution in [0.15, 0.2) is 42.4 Å². The fourth-order valence-corrected chi connectivity index (χ4v) is 0.581. The Bertz CT molecular complexity index is 244. The molecule has 0 saturated heterocycles. The molecule has 0 saturated carbocycles. The minimum absolute atomic E-state index is 0.331. The van der Waals surface area contributed by atoms with Gasteiger partial charge in [0.05, 0.1) is 5.56 Å². The Balaban J connectivity index is 0.000000354. The van der Waals surface area contributed by atoms with E-state index in [9.17, 15) is 4.79 Å². The number of halogens is 1. The molecule has 0 heterocycles. The first-order valence-corrected chi connectivity index (χ1v) is 3.65. The van der Waals surface area contributed by atoms with Crippen LogP contribution in [0.3, 0.4) is 0 Å². The van der Waals surface area contributed by atoms with Gasteiger partial charge in [0, 0.05) is 0 Å². The van der Waals surface area contributed by atoms with E-state index in [2.05, 4.69) is 6.58 Å². The van der Waals surface area contributed by atoms with Gasteiger partial charge in [-0.25, -0.2) is 4.79 Å². The van der Waals surface area contributed by atoms with Crippen LogP contribution in [-0.4, -0.2) is 11.1 Å². The summed E-state index contributed by atoms with van der Waals surface area (Å²) in [5.74, 6) is -0.879. The molecule has 2 nitrogen and oxygen atoms in total. The van der Waals surface area contributed by atoms with E-state index in [0.29, 0.717) is 5.56 Å². The first-order chi connectivity index (χ1) is 5.72. The molecule has 0 spiro atoms. The summed E-state index contributed by atoms with van der Waals surface area (Å²) in [4.78, 5) is 10.2. The Morgan fingerprint density at radius 2 is 1.83 bits per heavy atom. The Labute approximate surface area is 76.1 Å². The van der Waals surface area contributed by atoms with Crippen molar-refractivity contribution >= 4 is 17.6 Å². The van der Waals surface area contributed by atoms with Crippen LogP contribution in [-0.2, 0) is 0 Å². The molecule has 0 aliphatic rings.